The standard InChI is InChI=1S/C11H14F3NO4/c1-15-5-9(17)10(18)7-3-2-6(4-8(7)16)19-11(12,13)14/h2-4,9-10,15-18H,5H2,1H3. The second-order valence-electron chi connectivity index (χ2n) is 3.84. The van der Waals surface area contributed by atoms with E-state index in [1.807, 2.05) is 0 Å². The number of aromatic hydroxyl groups is 1. The Morgan fingerprint density at radius 2 is 1.95 bits per heavy atom. The van der Waals surface area contributed by atoms with E-state index in [2.05, 4.69) is 10.1 Å². The van der Waals surface area contributed by atoms with Gasteiger partial charge in [0.25, 0.3) is 0 Å². The molecule has 0 saturated carbocycles. The van der Waals surface area contributed by atoms with E-state index >= 15 is 0 Å². The predicted molar refractivity (Wildman–Crippen MR) is 59.7 cm³/mol. The summed E-state index contributed by atoms with van der Waals surface area (Å²) in [5, 5.41) is 31.4. The van der Waals surface area contributed by atoms with Crippen molar-refractivity contribution in [1.29, 1.82) is 0 Å². The molecule has 8 heteroatoms. The van der Waals surface area contributed by atoms with Gasteiger partial charge in [0.1, 0.15) is 17.6 Å². The number of likely N-dealkylation sites (N-methyl/N-ethyl adjacent to an activating group) is 1. The van der Waals surface area contributed by atoms with Gasteiger partial charge in [0.2, 0.25) is 0 Å². The molecule has 0 spiro atoms. The van der Waals surface area contributed by atoms with E-state index in [1.165, 1.54) is 0 Å². The van der Waals surface area contributed by atoms with E-state index in [1.54, 1.807) is 7.05 Å². The number of aliphatic hydroxyl groups excluding tert-OH is 2. The lowest BCUT2D eigenvalue weighted by atomic mass is 10.0. The zero-order chi connectivity index (χ0) is 14.6. The highest BCUT2D eigenvalue weighted by Gasteiger charge is 2.31. The minimum Gasteiger partial charge on any atom is -0.507 e. The number of alkyl halides is 3. The molecule has 0 amide bonds. The molecule has 0 saturated heterocycles. The van der Waals surface area contributed by atoms with Crippen molar-refractivity contribution in [3.63, 3.8) is 0 Å². The lowest BCUT2D eigenvalue weighted by molar-refractivity contribution is -0.274. The van der Waals surface area contributed by atoms with E-state index in [-0.39, 0.29) is 12.1 Å². The Kier molecular flexibility index (Phi) is 4.98. The molecule has 5 nitrogen and oxygen atoms in total. The number of hydrogen-bond acceptors (Lipinski definition) is 5. The van der Waals surface area contributed by atoms with E-state index < -0.39 is 30.1 Å². The molecule has 0 aliphatic carbocycles. The molecule has 2 unspecified atom stereocenters. The first-order valence-corrected chi connectivity index (χ1v) is 5.34. The maximum atomic E-state index is 12.0. The fourth-order valence-electron chi connectivity index (χ4n) is 1.50. The average Bonchev–Trinajstić information content (AvgIpc) is 2.26. The summed E-state index contributed by atoms with van der Waals surface area (Å²) in [4.78, 5) is 0. The van der Waals surface area contributed by atoms with E-state index in [9.17, 15) is 28.5 Å². The van der Waals surface area contributed by atoms with Crippen LogP contribution in [0.25, 0.3) is 0 Å². The first kappa shape index (κ1) is 15.5. The van der Waals surface area contributed by atoms with Crippen LogP contribution in [-0.2, 0) is 0 Å². The second kappa shape index (κ2) is 6.09. The largest absolute Gasteiger partial charge is 0.573 e. The van der Waals surface area contributed by atoms with Gasteiger partial charge in [0.15, 0.2) is 0 Å². The predicted octanol–water partition coefficient (Wildman–Crippen LogP) is 0.904. The van der Waals surface area contributed by atoms with Gasteiger partial charge in [0, 0.05) is 18.2 Å². The molecule has 19 heavy (non-hydrogen) atoms. The van der Waals surface area contributed by atoms with Crippen LogP contribution in [0.5, 0.6) is 11.5 Å². The van der Waals surface area contributed by atoms with Crippen LogP contribution in [0, 0.1) is 0 Å². The Labute approximate surface area is 107 Å². The maximum Gasteiger partial charge on any atom is 0.573 e. The molecule has 0 heterocycles. The van der Waals surface area contributed by atoms with E-state index in [0.717, 1.165) is 18.2 Å². The Morgan fingerprint density at radius 1 is 1.32 bits per heavy atom. The summed E-state index contributed by atoms with van der Waals surface area (Å²) in [6.45, 7) is 0.0570. The highest BCUT2D eigenvalue weighted by atomic mass is 19.4. The summed E-state index contributed by atoms with van der Waals surface area (Å²) in [5.74, 6) is -1.20. The molecule has 0 fully saturated rings. The van der Waals surface area contributed by atoms with Gasteiger partial charge in [-0.2, -0.15) is 0 Å². The number of aliphatic hydroxyl groups is 2. The summed E-state index contributed by atoms with van der Waals surface area (Å²) in [5.41, 5.74) is -0.0859. The van der Waals surface area contributed by atoms with E-state index in [4.69, 9.17) is 0 Å². The van der Waals surface area contributed by atoms with Crippen LogP contribution in [0.15, 0.2) is 18.2 Å². The van der Waals surface area contributed by atoms with Crippen molar-refractivity contribution < 1.29 is 33.2 Å². The SMILES string of the molecule is CNCC(O)C(O)c1ccc(OC(F)(F)F)cc1O. The zero-order valence-electron chi connectivity index (χ0n) is 9.98. The molecule has 1 aromatic rings. The lowest BCUT2D eigenvalue weighted by Gasteiger charge is -2.19. The molecule has 0 aromatic heterocycles. The molecule has 0 radical (unpaired) electrons. The maximum absolute atomic E-state index is 12.0. The number of hydrogen-bond donors (Lipinski definition) is 4. The molecular formula is C11H14F3NO4. The van der Waals surface area contributed by atoms with Crippen LogP contribution in [-0.4, -0.2) is 41.4 Å². The number of benzene rings is 1. The number of rotatable bonds is 5. The van der Waals surface area contributed by atoms with Crippen molar-refractivity contribution >= 4 is 0 Å². The molecule has 108 valence electrons. The fraction of sp³-hybridized carbons (Fsp3) is 0.455. The smallest absolute Gasteiger partial charge is 0.507 e. The average molecular weight is 281 g/mol. The number of ether oxygens (including phenoxy) is 1. The van der Waals surface area contributed by atoms with Gasteiger partial charge in [-0.05, 0) is 19.2 Å². The molecule has 1 rings (SSSR count). The minimum atomic E-state index is -4.86. The molecule has 1 aromatic carbocycles. The van der Waals surface area contributed by atoms with Crippen LogP contribution in [0.1, 0.15) is 11.7 Å². The molecule has 0 bridgehead atoms. The molecule has 0 aliphatic heterocycles. The topological polar surface area (TPSA) is 82.0 Å². The van der Waals surface area contributed by atoms with Gasteiger partial charge in [0.05, 0.1) is 6.10 Å². The minimum absolute atomic E-state index is 0.0570. The molecule has 0 aliphatic rings. The lowest BCUT2D eigenvalue weighted by Crippen LogP contribution is -2.29. The summed E-state index contributed by atoms with van der Waals surface area (Å²) < 4.78 is 39.5. The summed E-state index contributed by atoms with van der Waals surface area (Å²) >= 11 is 0. The fourth-order valence-corrected chi connectivity index (χ4v) is 1.50. The third kappa shape index (κ3) is 4.58. The quantitative estimate of drug-likeness (QED) is 0.645. The Hall–Kier alpha value is -1.51. The summed E-state index contributed by atoms with van der Waals surface area (Å²) in [6.07, 6.45) is -7.49. The van der Waals surface area contributed by atoms with Crippen LogP contribution < -0.4 is 10.1 Å². The van der Waals surface area contributed by atoms with Crippen LogP contribution in [0.4, 0.5) is 13.2 Å². The van der Waals surface area contributed by atoms with Crippen molar-refractivity contribution in [3.05, 3.63) is 23.8 Å². The molecule has 4 N–H and O–H groups in total. The number of halogens is 3. The van der Waals surface area contributed by atoms with Crippen molar-refractivity contribution in [2.75, 3.05) is 13.6 Å². The first-order chi connectivity index (χ1) is 8.74. The third-order valence-electron chi connectivity index (χ3n) is 2.33. The van der Waals surface area contributed by atoms with Crippen LogP contribution in [0.3, 0.4) is 0 Å². The van der Waals surface area contributed by atoms with Crippen molar-refractivity contribution in [3.8, 4) is 11.5 Å². The number of phenolic OH excluding ortho intramolecular Hbond substituents is 1. The Morgan fingerprint density at radius 3 is 2.42 bits per heavy atom. The van der Waals surface area contributed by atoms with Gasteiger partial charge in [-0.1, -0.05) is 0 Å². The highest BCUT2D eigenvalue weighted by Crippen LogP contribution is 2.32. The Bertz CT molecular complexity index is 425. The first-order valence-electron chi connectivity index (χ1n) is 5.34. The van der Waals surface area contributed by atoms with Crippen molar-refractivity contribution in [2.24, 2.45) is 0 Å². The van der Waals surface area contributed by atoms with Crippen LogP contribution >= 0.6 is 0 Å². The number of phenols is 1. The van der Waals surface area contributed by atoms with Crippen molar-refractivity contribution in [2.45, 2.75) is 18.6 Å². The second-order valence-corrected chi connectivity index (χ2v) is 3.84. The number of nitrogens with one attached hydrogen (secondary N) is 1. The molecule has 2 atom stereocenters. The summed E-state index contributed by atoms with van der Waals surface area (Å²) in [7, 11) is 1.55. The van der Waals surface area contributed by atoms with Crippen molar-refractivity contribution in [1.82, 2.24) is 5.32 Å². The van der Waals surface area contributed by atoms with Gasteiger partial charge in [-0.15, -0.1) is 13.2 Å². The molecular weight excluding hydrogens is 267 g/mol. The van der Waals surface area contributed by atoms with Crippen LogP contribution in [0.2, 0.25) is 0 Å². The van der Waals surface area contributed by atoms with Gasteiger partial charge in [-0.25, -0.2) is 0 Å². The van der Waals surface area contributed by atoms with E-state index in [0.29, 0.717) is 0 Å². The highest BCUT2D eigenvalue weighted by molar-refractivity contribution is 5.41. The van der Waals surface area contributed by atoms with Gasteiger partial charge >= 0.3 is 6.36 Å². The Balaban J connectivity index is 2.88. The normalized spacial score (nSPS) is 15.1. The third-order valence-corrected chi connectivity index (χ3v) is 2.33. The summed E-state index contributed by atoms with van der Waals surface area (Å²) in [6, 6.07) is 2.72. The van der Waals surface area contributed by atoms with Gasteiger partial charge < -0.3 is 25.4 Å². The zero-order valence-corrected chi connectivity index (χ0v) is 9.98. The monoisotopic (exact) mass is 281 g/mol. The van der Waals surface area contributed by atoms with Gasteiger partial charge in [-0.3, -0.25) is 0 Å².